The molecule has 0 amide bonds. The molecule has 0 saturated carbocycles. The standard InChI is InChI=1S/C15H12ClFN2/c1-10-6-13(17)4-3-12(10)9-19-15-7-11(8-18)2-5-14(15)16/h2-7,19H,9H2,1H3. The van der Waals surface area contributed by atoms with Crippen molar-refractivity contribution in [3.05, 3.63) is 63.9 Å². The first-order valence-corrected chi connectivity index (χ1v) is 6.16. The molecule has 96 valence electrons. The van der Waals surface area contributed by atoms with Crippen molar-refractivity contribution >= 4 is 17.3 Å². The van der Waals surface area contributed by atoms with Gasteiger partial charge in [-0.15, -0.1) is 0 Å². The third-order valence-corrected chi connectivity index (χ3v) is 3.20. The number of aryl methyl sites for hydroxylation is 1. The molecule has 2 aromatic rings. The number of hydrogen-bond acceptors (Lipinski definition) is 2. The normalized spacial score (nSPS) is 10.0. The molecule has 0 aliphatic heterocycles. The van der Waals surface area contributed by atoms with Crippen molar-refractivity contribution in [1.82, 2.24) is 0 Å². The van der Waals surface area contributed by atoms with E-state index in [1.807, 2.05) is 6.92 Å². The topological polar surface area (TPSA) is 35.8 Å². The zero-order chi connectivity index (χ0) is 13.8. The lowest BCUT2D eigenvalue weighted by atomic mass is 10.1. The SMILES string of the molecule is Cc1cc(F)ccc1CNc1cc(C#N)ccc1Cl. The molecule has 2 aromatic carbocycles. The van der Waals surface area contributed by atoms with E-state index in [1.165, 1.54) is 12.1 Å². The summed E-state index contributed by atoms with van der Waals surface area (Å²) in [5.74, 6) is -0.245. The molecule has 0 aliphatic rings. The van der Waals surface area contributed by atoms with Crippen molar-refractivity contribution in [3.63, 3.8) is 0 Å². The summed E-state index contributed by atoms with van der Waals surface area (Å²) in [5, 5.41) is 12.6. The van der Waals surface area contributed by atoms with Gasteiger partial charge in [-0.05, 0) is 48.4 Å². The first kappa shape index (κ1) is 13.4. The molecule has 0 heterocycles. The number of rotatable bonds is 3. The number of benzene rings is 2. The molecule has 0 spiro atoms. The van der Waals surface area contributed by atoms with E-state index in [2.05, 4.69) is 11.4 Å². The van der Waals surface area contributed by atoms with E-state index in [1.54, 1.807) is 24.3 Å². The van der Waals surface area contributed by atoms with Gasteiger partial charge in [-0.25, -0.2) is 4.39 Å². The highest BCUT2D eigenvalue weighted by Gasteiger charge is 2.04. The summed E-state index contributed by atoms with van der Waals surface area (Å²) in [4.78, 5) is 0. The molecule has 2 nitrogen and oxygen atoms in total. The van der Waals surface area contributed by atoms with E-state index in [4.69, 9.17) is 16.9 Å². The minimum atomic E-state index is -0.245. The highest BCUT2D eigenvalue weighted by molar-refractivity contribution is 6.33. The Labute approximate surface area is 116 Å². The van der Waals surface area contributed by atoms with Crippen LogP contribution in [0.4, 0.5) is 10.1 Å². The second-order valence-corrected chi connectivity index (χ2v) is 4.64. The van der Waals surface area contributed by atoms with Crippen molar-refractivity contribution in [3.8, 4) is 6.07 Å². The second-order valence-electron chi connectivity index (χ2n) is 4.23. The van der Waals surface area contributed by atoms with Gasteiger partial charge in [-0.2, -0.15) is 5.26 Å². The number of nitrogens with one attached hydrogen (secondary N) is 1. The minimum Gasteiger partial charge on any atom is -0.380 e. The summed E-state index contributed by atoms with van der Waals surface area (Å²) in [6.07, 6.45) is 0. The largest absolute Gasteiger partial charge is 0.380 e. The molecule has 1 N–H and O–H groups in total. The van der Waals surface area contributed by atoms with Crippen LogP contribution in [-0.2, 0) is 6.54 Å². The Morgan fingerprint density at radius 2 is 2.05 bits per heavy atom. The molecule has 0 aromatic heterocycles. The van der Waals surface area contributed by atoms with Crippen LogP contribution in [0.3, 0.4) is 0 Å². The molecule has 0 radical (unpaired) electrons. The van der Waals surface area contributed by atoms with Gasteiger partial charge in [0, 0.05) is 6.54 Å². The molecule has 0 unspecified atom stereocenters. The van der Waals surface area contributed by atoms with Gasteiger partial charge in [-0.1, -0.05) is 17.7 Å². The van der Waals surface area contributed by atoms with Crippen LogP contribution >= 0.6 is 11.6 Å². The summed E-state index contributed by atoms with van der Waals surface area (Å²) in [5.41, 5.74) is 3.10. The maximum atomic E-state index is 13.0. The van der Waals surface area contributed by atoms with Gasteiger partial charge in [0.25, 0.3) is 0 Å². The van der Waals surface area contributed by atoms with Crippen LogP contribution in [0.1, 0.15) is 16.7 Å². The number of halogens is 2. The third-order valence-electron chi connectivity index (χ3n) is 2.87. The van der Waals surface area contributed by atoms with Crippen LogP contribution in [0.15, 0.2) is 36.4 Å². The van der Waals surface area contributed by atoms with E-state index >= 15 is 0 Å². The summed E-state index contributed by atoms with van der Waals surface area (Å²) >= 11 is 6.05. The predicted molar refractivity (Wildman–Crippen MR) is 74.6 cm³/mol. The molecule has 19 heavy (non-hydrogen) atoms. The van der Waals surface area contributed by atoms with E-state index in [-0.39, 0.29) is 5.82 Å². The summed E-state index contributed by atoms with van der Waals surface area (Å²) in [6.45, 7) is 2.38. The van der Waals surface area contributed by atoms with E-state index in [0.29, 0.717) is 22.8 Å². The van der Waals surface area contributed by atoms with Crippen molar-refractivity contribution in [1.29, 1.82) is 5.26 Å². The Balaban J connectivity index is 2.16. The first-order valence-electron chi connectivity index (χ1n) is 5.78. The monoisotopic (exact) mass is 274 g/mol. The van der Waals surface area contributed by atoms with Gasteiger partial charge >= 0.3 is 0 Å². The first-order chi connectivity index (χ1) is 9.10. The van der Waals surface area contributed by atoms with Gasteiger partial charge < -0.3 is 5.32 Å². The Bertz CT molecular complexity index is 647. The minimum absolute atomic E-state index is 0.245. The lowest BCUT2D eigenvalue weighted by Crippen LogP contribution is -2.02. The van der Waals surface area contributed by atoms with Crippen LogP contribution in [0.25, 0.3) is 0 Å². The van der Waals surface area contributed by atoms with Crippen LogP contribution in [0, 0.1) is 24.1 Å². The fourth-order valence-corrected chi connectivity index (χ4v) is 1.96. The lowest BCUT2D eigenvalue weighted by molar-refractivity contribution is 0.625. The van der Waals surface area contributed by atoms with E-state index in [0.717, 1.165) is 11.1 Å². The van der Waals surface area contributed by atoms with Crippen LogP contribution in [0.2, 0.25) is 5.02 Å². The molecule has 0 saturated heterocycles. The lowest BCUT2D eigenvalue weighted by Gasteiger charge is -2.11. The molecular formula is C15H12ClFN2. The second kappa shape index (κ2) is 5.73. The van der Waals surface area contributed by atoms with Crippen LogP contribution in [-0.4, -0.2) is 0 Å². The van der Waals surface area contributed by atoms with Crippen molar-refractivity contribution in [2.24, 2.45) is 0 Å². The van der Waals surface area contributed by atoms with Crippen molar-refractivity contribution < 1.29 is 4.39 Å². The maximum Gasteiger partial charge on any atom is 0.123 e. The number of nitriles is 1. The Morgan fingerprint density at radius 1 is 1.26 bits per heavy atom. The molecule has 0 atom stereocenters. The Kier molecular flexibility index (Phi) is 4.03. The quantitative estimate of drug-likeness (QED) is 0.907. The average molecular weight is 275 g/mol. The highest BCUT2D eigenvalue weighted by Crippen LogP contribution is 2.23. The van der Waals surface area contributed by atoms with Crippen molar-refractivity contribution in [2.75, 3.05) is 5.32 Å². The molecule has 2 rings (SSSR count). The summed E-state index contributed by atoms with van der Waals surface area (Å²) in [6, 6.07) is 11.8. The Morgan fingerprint density at radius 3 is 2.74 bits per heavy atom. The number of anilines is 1. The van der Waals surface area contributed by atoms with Crippen LogP contribution < -0.4 is 5.32 Å². The molecule has 0 fully saturated rings. The maximum absolute atomic E-state index is 13.0. The molecule has 4 heteroatoms. The molecular weight excluding hydrogens is 263 g/mol. The van der Waals surface area contributed by atoms with E-state index < -0.39 is 0 Å². The van der Waals surface area contributed by atoms with Gasteiger partial charge in [-0.3, -0.25) is 0 Å². The predicted octanol–water partition coefficient (Wildman–Crippen LogP) is 4.27. The molecule has 0 aliphatic carbocycles. The fraction of sp³-hybridized carbons (Fsp3) is 0.133. The summed E-state index contributed by atoms with van der Waals surface area (Å²) < 4.78 is 13.0. The van der Waals surface area contributed by atoms with Gasteiger partial charge in [0.15, 0.2) is 0 Å². The molecule has 0 bridgehead atoms. The van der Waals surface area contributed by atoms with Gasteiger partial charge in [0.1, 0.15) is 5.82 Å². The average Bonchev–Trinajstić information content (AvgIpc) is 2.39. The summed E-state index contributed by atoms with van der Waals surface area (Å²) in [7, 11) is 0. The van der Waals surface area contributed by atoms with Gasteiger partial charge in [0.05, 0.1) is 22.3 Å². The fourth-order valence-electron chi connectivity index (χ4n) is 1.78. The highest BCUT2D eigenvalue weighted by atomic mass is 35.5. The number of nitrogens with zero attached hydrogens (tertiary/aromatic N) is 1. The number of hydrogen-bond donors (Lipinski definition) is 1. The van der Waals surface area contributed by atoms with Crippen molar-refractivity contribution in [2.45, 2.75) is 13.5 Å². The smallest absolute Gasteiger partial charge is 0.123 e. The van der Waals surface area contributed by atoms with E-state index in [9.17, 15) is 4.39 Å². The van der Waals surface area contributed by atoms with Crippen LogP contribution in [0.5, 0.6) is 0 Å². The van der Waals surface area contributed by atoms with Gasteiger partial charge in [0.2, 0.25) is 0 Å². The Hall–Kier alpha value is -2.05. The third kappa shape index (κ3) is 3.24. The zero-order valence-corrected chi connectivity index (χ0v) is 11.1. The zero-order valence-electron chi connectivity index (χ0n) is 10.4.